The van der Waals surface area contributed by atoms with Crippen LogP contribution in [0.4, 0.5) is 10.5 Å². The second-order valence-corrected chi connectivity index (χ2v) is 8.21. The van der Waals surface area contributed by atoms with E-state index in [9.17, 15) is 9.90 Å². The van der Waals surface area contributed by atoms with E-state index in [1.807, 2.05) is 45.0 Å². The van der Waals surface area contributed by atoms with Crippen molar-refractivity contribution in [2.75, 3.05) is 44.3 Å². The monoisotopic (exact) mass is 380 g/mol. The Bertz CT molecular complexity index is 602. The summed E-state index contributed by atoms with van der Waals surface area (Å²) >= 11 is 0. The first-order valence-electron chi connectivity index (χ1n) is 9.39. The highest BCUT2D eigenvalue weighted by molar-refractivity contribution is 5.68. The minimum Gasteiger partial charge on any atom is -0.491 e. The molecule has 152 valence electrons. The molecule has 1 amide bonds. The molecule has 1 unspecified atom stereocenters. The summed E-state index contributed by atoms with van der Waals surface area (Å²) in [5.41, 5.74) is -0.467. The van der Waals surface area contributed by atoms with Gasteiger partial charge in [0.25, 0.3) is 0 Å². The molecule has 0 aliphatic carbocycles. The van der Waals surface area contributed by atoms with Crippen LogP contribution in [-0.4, -0.2) is 71.8 Å². The molecule has 1 saturated heterocycles. The number of rotatable bonds is 6. The lowest BCUT2D eigenvalue weighted by Gasteiger charge is -2.36. The largest absolute Gasteiger partial charge is 0.491 e. The fraction of sp³-hybridized carbons (Fsp3) is 0.650. The number of piperazine rings is 1. The number of aliphatic hydroxyl groups is 2. The van der Waals surface area contributed by atoms with Gasteiger partial charge in [-0.15, -0.1) is 0 Å². The fourth-order valence-corrected chi connectivity index (χ4v) is 2.78. The first-order valence-corrected chi connectivity index (χ1v) is 9.39. The number of amides is 1. The van der Waals surface area contributed by atoms with Gasteiger partial charge in [0.05, 0.1) is 5.60 Å². The van der Waals surface area contributed by atoms with E-state index >= 15 is 0 Å². The van der Waals surface area contributed by atoms with Crippen LogP contribution in [0, 0.1) is 0 Å². The summed E-state index contributed by atoms with van der Waals surface area (Å²) in [5.74, 6) is 0.671. The van der Waals surface area contributed by atoms with E-state index in [1.54, 1.807) is 11.8 Å². The smallest absolute Gasteiger partial charge is 0.410 e. The van der Waals surface area contributed by atoms with Gasteiger partial charge in [-0.05, 0) is 52.0 Å². The molecular formula is C20H32N2O5. The molecule has 2 N–H and O–H groups in total. The molecule has 0 aromatic heterocycles. The average molecular weight is 380 g/mol. The predicted octanol–water partition coefficient (Wildman–Crippen LogP) is 2.26. The molecule has 7 nitrogen and oxygen atoms in total. The number of nitrogens with zero attached hydrogens (tertiary/aromatic N) is 2. The highest BCUT2D eigenvalue weighted by Crippen LogP contribution is 2.22. The molecule has 1 aromatic carbocycles. The SMILES string of the molecule is CC(O)(CCO)COc1ccc(N2CCN(C(=O)OC(C)(C)C)CC2)cc1. The van der Waals surface area contributed by atoms with Gasteiger partial charge in [-0.2, -0.15) is 0 Å². The van der Waals surface area contributed by atoms with E-state index in [1.165, 1.54) is 0 Å². The molecule has 0 saturated carbocycles. The summed E-state index contributed by atoms with van der Waals surface area (Å²) in [7, 11) is 0. The van der Waals surface area contributed by atoms with E-state index in [-0.39, 0.29) is 25.7 Å². The van der Waals surface area contributed by atoms with Crippen molar-refractivity contribution in [2.45, 2.75) is 45.3 Å². The number of carbonyl (C=O) groups is 1. The summed E-state index contributed by atoms with van der Waals surface area (Å²) in [5, 5.41) is 19.0. The second kappa shape index (κ2) is 8.80. The molecule has 1 aliphatic heterocycles. The van der Waals surface area contributed by atoms with Crippen LogP contribution in [0.5, 0.6) is 5.75 Å². The van der Waals surface area contributed by atoms with Crippen LogP contribution in [0.25, 0.3) is 0 Å². The molecule has 0 bridgehead atoms. The van der Waals surface area contributed by atoms with Crippen molar-refractivity contribution in [3.8, 4) is 5.75 Å². The maximum atomic E-state index is 12.1. The molecule has 0 radical (unpaired) electrons. The van der Waals surface area contributed by atoms with Gasteiger partial charge in [0.2, 0.25) is 0 Å². The van der Waals surface area contributed by atoms with Crippen LogP contribution in [0.15, 0.2) is 24.3 Å². The van der Waals surface area contributed by atoms with E-state index in [2.05, 4.69) is 4.90 Å². The van der Waals surface area contributed by atoms with Crippen LogP contribution in [-0.2, 0) is 4.74 Å². The van der Waals surface area contributed by atoms with Gasteiger partial charge >= 0.3 is 6.09 Å². The topological polar surface area (TPSA) is 82.5 Å². The van der Waals surface area contributed by atoms with Crippen molar-refractivity contribution < 1.29 is 24.5 Å². The minimum atomic E-state index is -1.05. The van der Waals surface area contributed by atoms with Crippen molar-refractivity contribution in [1.82, 2.24) is 4.90 Å². The Labute approximate surface area is 161 Å². The molecule has 27 heavy (non-hydrogen) atoms. The summed E-state index contributed by atoms with van der Waals surface area (Å²) in [4.78, 5) is 16.1. The summed E-state index contributed by atoms with van der Waals surface area (Å²) in [6.07, 6.45) is 0.00772. The van der Waals surface area contributed by atoms with Gasteiger partial charge in [0.1, 0.15) is 18.0 Å². The zero-order chi connectivity index (χ0) is 20.1. The summed E-state index contributed by atoms with van der Waals surface area (Å²) in [6, 6.07) is 7.67. The highest BCUT2D eigenvalue weighted by Gasteiger charge is 2.26. The Hall–Kier alpha value is -1.99. The van der Waals surface area contributed by atoms with Gasteiger partial charge in [-0.3, -0.25) is 0 Å². The number of hydrogen-bond acceptors (Lipinski definition) is 6. The Kier molecular flexibility index (Phi) is 6.95. The standard InChI is InChI=1S/C20H32N2O5/c1-19(2,3)27-18(24)22-12-10-21(11-13-22)16-5-7-17(8-6-16)26-15-20(4,25)9-14-23/h5-8,23,25H,9-15H2,1-4H3. The van der Waals surface area contributed by atoms with Crippen molar-refractivity contribution in [3.05, 3.63) is 24.3 Å². The molecule has 1 atom stereocenters. The zero-order valence-corrected chi connectivity index (χ0v) is 16.8. The quantitative estimate of drug-likeness (QED) is 0.788. The van der Waals surface area contributed by atoms with Crippen molar-refractivity contribution in [3.63, 3.8) is 0 Å². The maximum Gasteiger partial charge on any atom is 0.410 e. The zero-order valence-electron chi connectivity index (χ0n) is 16.8. The number of carbonyl (C=O) groups excluding carboxylic acids is 1. The molecule has 0 spiro atoms. The number of aliphatic hydroxyl groups excluding tert-OH is 1. The van der Waals surface area contributed by atoms with Crippen LogP contribution in [0.2, 0.25) is 0 Å². The van der Waals surface area contributed by atoms with Gasteiger partial charge in [0.15, 0.2) is 0 Å². The average Bonchev–Trinajstić information content (AvgIpc) is 2.59. The van der Waals surface area contributed by atoms with Crippen molar-refractivity contribution in [1.29, 1.82) is 0 Å². The van der Waals surface area contributed by atoms with Gasteiger partial charge in [-0.1, -0.05) is 0 Å². The molecule has 2 rings (SSSR count). The lowest BCUT2D eigenvalue weighted by atomic mass is 10.1. The normalized spacial score (nSPS) is 17.4. The van der Waals surface area contributed by atoms with E-state index in [0.29, 0.717) is 18.8 Å². The second-order valence-electron chi connectivity index (χ2n) is 8.21. The van der Waals surface area contributed by atoms with E-state index in [4.69, 9.17) is 14.6 Å². The van der Waals surface area contributed by atoms with Crippen LogP contribution >= 0.6 is 0 Å². The summed E-state index contributed by atoms with van der Waals surface area (Å²) < 4.78 is 11.0. The maximum absolute atomic E-state index is 12.1. The molecular weight excluding hydrogens is 348 g/mol. The number of ether oxygens (including phenoxy) is 2. The van der Waals surface area contributed by atoms with E-state index in [0.717, 1.165) is 18.8 Å². The molecule has 1 heterocycles. The lowest BCUT2D eigenvalue weighted by molar-refractivity contribution is -0.00757. The third-order valence-electron chi connectivity index (χ3n) is 4.33. The van der Waals surface area contributed by atoms with Gasteiger partial charge in [0, 0.05) is 44.9 Å². The minimum absolute atomic E-state index is 0.0788. The fourth-order valence-electron chi connectivity index (χ4n) is 2.78. The van der Waals surface area contributed by atoms with Gasteiger partial charge in [-0.25, -0.2) is 4.79 Å². The predicted molar refractivity (Wildman–Crippen MR) is 104 cm³/mol. The van der Waals surface area contributed by atoms with E-state index < -0.39 is 11.2 Å². The van der Waals surface area contributed by atoms with Gasteiger partial charge < -0.3 is 29.5 Å². The number of benzene rings is 1. The number of hydrogen-bond donors (Lipinski definition) is 2. The molecule has 1 aliphatic rings. The summed E-state index contributed by atoms with van der Waals surface area (Å²) in [6.45, 7) is 10.0. The third-order valence-corrected chi connectivity index (χ3v) is 4.33. The first kappa shape index (κ1) is 21.3. The van der Waals surface area contributed by atoms with Crippen LogP contribution < -0.4 is 9.64 Å². The van der Waals surface area contributed by atoms with Crippen LogP contribution in [0.1, 0.15) is 34.1 Å². The first-order chi connectivity index (χ1) is 12.6. The van der Waals surface area contributed by atoms with Crippen molar-refractivity contribution >= 4 is 11.8 Å². The Morgan fingerprint density at radius 1 is 1.07 bits per heavy atom. The Morgan fingerprint density at radius 3 is 2.19 bits per heavy atom. The molecule has 1 aromatic rings. The van der Waals surface area contributed by atoms with Crippen molar-refractivity contribution in [2.24, 2.45) is 0 Å². The molecule has 1 fully saturated rings. The Morgan fingerprint density at radius 2 is 1.67 bits per heavy atom. The third kappa shape index (κ3) is 6.92. The Balaban J connectivity index is 1.84. The van der Waals surface area contributed by atoms with Crippen LogP contribution in [0.3, 0.4) is 0 Å². The lowest BCUT2D eigenvalue weighted by Crippen LogP contribution is -2.50. The number of anilines is 1. The highest BCUT2D eigenvalue weighted by atomic mass is 16.6. The molecule has 7 heteroatoms.